The predicted molar refractivity (Wildman–Crippen MR) is 62.9 cm³/mol. The first kappa shape index (κ1) is 12.1. The fourth-order valence-electron chi connectivity index (χ4n) is 2.58. The number of aliphatic hydroxyl groups is 1. The highest BCUT2D eigenvalue weighted by molar-refractivity contribution is 5.01. The van der Waals surface area contributed by atoms with E-state index >= 15 is 0 Å². The molecule has 3 rings (SSSR count). The minimum atomic E-state index is -0.942. The summed E-state index contributed by atoms with van der Waals surface area (Å²) in [6.45, 7) is 3.17. The summed E-state index contributed by atoms with van der Waals surface area (Å²) in [6, 6.07) is 0. The van der Waals surface area contributed by atoms with Crippen molar-refractivity contribution in [3.63, 3.8) is 0 Å². The standard InChI is InChI=1S/C12H19N3O3/c16-12(2-4-13-5-3-12)11-14-10(15-18-11)7-9-1-6-17-8-9/h9,13,16H,1-8H2. The van der Waals surface area contributed by atoms with E-state index in [1.165, 1.54) is 0 Å². The van der Waals surface area contributed by atoms with Gasteiger partial charge in [-0.25, -0.2) is 0 Å². The molecule has 2 N–H and O–H groups in total. The van der Waals surface area contributed by atoms with E-state index in [2.05, 4.69) is 15.5 Å². The normalized spacial score (nSPS) is 27.5. The fraction of sp³-hybridized carbons (Fsp3) is 0.833. The van der Waals surface area contributed by atoms with Gasteiger partial charge in [-0.3, -0.25) is 0 Å². The van der Waals surface area contributed by atoms with Gasteiger partial charge in [0, 0.05) is 19.6 Å². The van der Waals surface area contributed by atoms with Crippen LogP contribution in [0, 0.1) is 5.92 Å². The minimum Gasteiger partial charge on any atom is -0.381 e. The van der Waals surface area contributed by atoms with Crippen molar-refractivity contribution in [2.24, 2.45) is 5.92 Å². The van der Waals surface area contributed by atoms with Crippen LogP contribution >= 0.6 is 0 Å². The van der Waals surface area contributed by atoms with E-state index in [0.29, 0.717) is 30.5 Å². The highest BCUT2D eigenvalue weighted by Crippen LogP contribution is 2.29. The van der Waals surface area contributed by atoms with Crippen LogP contribution in [0.1, 0.15) is 31.0 Å². The van der Waals surface area contributed by atoms with Gasteiger partial charge in [-0.1, -0.05) is 5.16 Å². The fourth-order valence-corrected chi connectivity index (χ4v) is 2.58. The van der Waals surface area contributed by atoms with Gasteiger partial charge in [0.05, 0.1) is 0 Å². The smallest absolute Gasteiger partial charge is 0.258 e. The molecule has 0 aromatic carbocycles. The van der Waals surface area contributed by atoms with Crippen LogP contribution in [0.5, 0.6) is 0 Å². The lowest BCUT2D eigenvalue weighted by molar-refractivity contribution is -0.0228. The monoisotopic (exact) mass is 253 g/mol. The average Bonchev–Trinajstić information content (AvgIpc) is 3.02. The number of hydrogen-bond donors (Lipinski definition) is 2. The molecule has 2 saturated heterocycles. The Morgan fingerprint density at radius 1 is 1.39 bits per heavy atom. The number of nitrogens with one attached hydrogen (secondary N) is 1. The molecule has 6 nitrogen and oxygen atoms in total. The molecule has 2 aliphatic heterocycles. The Balaban J connectivity index is 1.68. The summed E-state index contributed by atoms with van der Waals surface area (Å²) in [6.07, 6.45) is 3.08. The van der Waals surface area contributed by atoms with Crippen molar-refractivity contribution in [2.75, 3.05) is 26.3 Å². The number of aromatic nitrogens is 2. The molecule has 1 aromatic rings. The number of piperidine rings is 1. The van der Waals surface area contributed by atoms with Crippen LogP contribution in [-0.2, 0) is 16.8 Å². The first-order valence-corrected chi connectivity index (χ1v) is 6.60. The van der Waals surface area contributed by atoms with Gasteiger partial charge in [0.1, 0.15) is 5.60 Å². The van der Waals surface area contributed by atoms with Gasteiger partial charge in [-0.2, -0.15) is 4.98 Å². The highest BCUT2D eigenvalue weighted by atomic mass is 16.5. The van der Waals surface area contributed by atoms with Crippen LogP contribution in [0.2, 0.25) is 0 Å². The maximum absolute atomic E-state index is 10.5. The molecular weight excluding hydrogens is 234 g/mol. The molecule has 0 bridgehead atoms. The Morgan fingerprint density at radius 2 is 2.22 bits per heavy atom. The van der Waals surface area contributed by atoms with E-state index in [9.17, 15) is 5.11 Å². The molecular formula is C12H19N3O3. The van der Waals surface area contributed by atoms with Crippen molar-refractivity contribution in [1.82, 2.24) is 15.5 Å². The topological polar surface area (TPSA) is 80.4 Å². The molecule has 0 radical (unpaired) electrons. The van der Waals surface area contributed by atoms with Crippen LogP contribution in [0.4, 0.5) is 0 Å². The van der Waals surface area contributed by atoms with Crippen LogP contribution < -0.4 is 5.32 Å². The lowest BCUT2D eigenvalue weighted by Gasteiger charge is -2.28. The number of ether oxygens (including phenoxy) is 1. The lowest BCUT2D eigenvalue weighted by atomic mass is 9.92. The van der Waals surface area contributed by atoms with Crippen molar-refractivity contribution < 1.29 is 14.4 Å². The predicted octanol–water partition coefficient (Wildman–Crippen LogP) is 0.220. The van der Waals surface area contributed by atoms with Gasteiger partial charge in [-0.05, 0) is 38.3 Å². The van der Waals surface area contributed by atoms with Crippen molar-refractivity contribution in [3.05, 3.63) is 11.7 Å². The molecule has 0 spiro atoms. The van der Waals surface area contributed by atoms with Crippen molar-refractivity contribution in [2.45, 2.75) is 31.3 Å². The van der Waals surface area contributed by atoms with E-state index in [-0.39, 0.29) is 0 Å². The van der Waals surface area contributed by atoms with E-state index in [4.69, 9.17) is 9.26 Å². The molecule has 0 aliphatic carbocycles. The maximum atomic E-state index is 10.5. The highest BCUT2D eigenvalue weighted by Gasteiger charge is 2.37. The molecule has 6 heteroatoms. The molecule has 3 heterocycles. The van der Waals surface area contributed by atoms with E-state index in [1.54, 1.807) is 0 Å². The molecule has 2 fully saturated rings. The van der Waals surface area contributed by atoms with E-state index in [1.807, 2.05) is 0 Å². The molecule has 0 saturated carbocycles. The largest absolute Gasteiger partial charge is 0.381 e. The Morgan fingerprint density at radius 3 is 2.94 bits per heavy atom. The molecule has 1 unspecified atom stereocenters. The summed E-state index contributed by atoms with van der Waals surface area (Å²) >= 11 is 0. The summed E-state index contributed by atoms with van der Waals surface area (Å²) in [7, 11) is 0. The number of rotatable bonds is 3. The van der Waals surface area contributed by atoms with Crippen molar-refractivity contribution in [3.8, 4) is 0 Å². The lowest BCUT2D eigenvalue weighted by Crippen LogP contribution is -2.39. The van der Waals surface area contributed by atoms with Crippen LogP contribution in [-0.4, -0.2) is 41.6 Å². The zero-order valence-electron chi connectivity index (χ0n) is 10.4. The van der Waals surface area contributed by atoms with Crippen LogP contribution in [0.15, 0.2) is 4.52 Å². The number of hydrogen-bond acceptors (Lipinski definition) is 6. The van der Waals surface area contributed by atoms with Crippen molar-refractivity contribution in [1.29, 1.82) is 0 Å². The van der Waals surface area contributed by atoms with Gasteiger partial charge in [0.2, 0.25) is 0 Å². The second kappa shape index (κ2) is 4.95. The zero-order valence-corrected chi connectivity index (χ0v) is 10.4. The number of nitrogens with zero attached hydrogens (tertiary/aromatic N) is 2. The third-order valence-corrected chi connectivity index (χ3v) is 3.79. The SMILES string of the molecule is OC1(c2nc(CC3CCOC3)no2)CCNCC1. The molecule has 0 amide bonds. The average molecular weight is 253 g/mol. The second-order valence-corrected chi connectivity index (χ2v) is 5.23. The van der Waals surface area contributed by atoms with Gasteiger partial charge in [-0.15, -0.1) is 0 Å². The van der Waals surface area contributed by atoms with Gasteiger partial charge in [0.25, 0.3) is 5.89 Å². The Bertz CT molecular complexity index is 395. The second-order valence-electron chi connectivity index (χ2n) is 5.23. The van der Waals surface area contributed by atoms with Gasteiger partial charge < -0.3 is 19.7 Å². The van der Waals surface area contributed by atoms with E-state index < -0.39 is 5.60 Å². The Hall–Kier alpha value is -0.980. The third kappa shape index (κ3) is 2.41. The van der Waals surface area contributed by atoms with Crippen molar-refractivity contribution >= 4 is 0 Å². The first-order valence-electron chi connectivity index (χ1n) is 6.60. The Kier molecular flexibility index (Phi) is 3.32. The summed E-state index contributed by atoms with van der Waals surface area (Å²) in [5, 5.41) is 17.6. The maximum Gasteiger partial charge on any atom is 0.258 e. The first-order chi connectivity index (χ1) is 8.76. The van der Waals surface area contributed by atoms with Crippen LogP contribution in [0.3, 0.4) is 0 Å². The van der Waals surface area contributed by atoms with E-state index in [0.717, 1.165) is 39.1 Å². The van der Waals surface area contributed by atoms with Gasteiger partial charge in [0.15, 0.2) is 5.82 Å². The minimum absolute atomic E-state index is 0.373. The summed E-state index contributed by atoms with van der Waals surface area (Å²) in [5.41, 5.74) is -0.942. The molecule has 1 aromatic heterocycles. The van der Waals surface area contributed by atoms with Gasteiger partial charge >= 0.3 is 0 Å². The quantitative estimate of drug-likeness (QED) is 0.802. The Labute approximate surface area is 106 Å². The molecule has 18 heavy (non-hydrogen) atoms. The third-order valence-electron chi connectivity index (χ3n) is 3.79. The summed E-state index contributed by atoms with van der Waals surface area (Å²) in [5.74, 6) is 1.54. The summed E-state index contributed by atoms with van der Waals surface area (Å²) < 4.78 is 10.6. The molecule has 1 atom stereocenters. The molecule has 100 valence electrons. The zero-order chi connectivity index (χ0) is 12.4. The summed E-state index contributed by atoms with van der Waals surface area (Å²) in [4.78, 5) is 4.36. The van der Waals surface area contributed by atoms with Crippen LogP contribution in [0.25, 0.3) is 0 Å². The molecule has 2 aliphatic rings.